The number of nitrogens with zero attached hydrogens (tertiary/aromatic N) is 2. The van der Waals surface area contributed by atoms with Crippen LogP contribution in [0.4, 0.5) is 0 Å². The first-order valence-corrected chi connectivity index (χ1v) is 11.2. The molecule has 0 unspecified atom stereocenters. The Kier molecular flexibility index (Phi) is 12.8. The Bertz CT molecular complexity index is 312. The van der Waals surface area contributed by atoms with Gasteiger partial charge in [0.25, 0.3) is 0 Å². The fourth-order valence-corrected chi connectivity index (χ4v) is 5.20. The Morgan fingerprint density at radius 2 is 1.10 bits per heavy atom. The van der Waals surface area contributed by atoms with E-state index in [1.165, 1.54) is 75.7 Å². The van der Waals surface area contributed by atoms with Gasteiger partial charge in [0.1, 0.15) is 0 Å². The van der Waals surface area contributed by atoms with Crippen LogP contribution in [0.1, 0.15) is 78.1 Å². The Labute approximate surface area is 143 Å². The van der Waals surface area contributed by atoms with Gasteiger partial charge in [-0.1, -0.05) is 100 Å². The third-order valence-electron chi connectivity index (χ3n) is 3.33. The summed E-state index contributed by atoms with van der Waals surface area (Å²) in [5.41, 5.74) is 0. The molecule has 2 nitrogen and oxygen atoms in total. The van der Waals surface area contributed by atoms with Crippen molar-refractivity contribution in [2.75, 3.05) is 11.5 Å². The van der Waals surface area contributed by atoms with Gasteiger partial charge in [0.15, 0.2) is 8.68 Å². The topological polar surface area (TPSA) is 25.8 Å². The maximum Gasteiger partial charge on any atom is 0.175 e. The maximum absolute atomic E-state index is 4.29. The van der Waals surface area contributed by atoms with E-state index in [9.17, 15) is 0 Å². The molecule has 1 aromatic heterocycles. The van der Waals surface area contributed by atoms with Crippen LogP contribution in [0, 0.1) is 0 Å². The monoisotopic (exact) mass is 346 g/mol. The van der Waals surface area contributed by atoms with Crippen molar-refractivity contribution in [1.29, 1.82) is 0 Å². The molecule has 0 aromatic carbocycles. The highest BCUT2D eigenvalue weighted by molar-refractivity contribution is 8.03. The predicted octanol–water partition coefficient (Wildman–Crippen LogP) is 6.66. The fourth-order valence-electron chi connectivity index (χ4n) is 2.04. The summed E-state index contributed by atoms with van der Waals surface area (Å²) in [4.78, 5) is 0. The third kappa shape index (κ3) is 10.6. The van der Waals surface area contributed by atoms with Crippen molar-refractivity contribution in [2.45, 2.75) is 86.7 Å². The number of hydrogen-bond acceptors (Lipinski definition) is 5. The Hall–Kier alpha value is 0.260. The molecule has 1 aromatic rings. The molecule has 0 atom stereocenters. The first-order valence-electron chi connectivity index (χ1n) is 8.46. The van der Waals surface area contributed by atoms with Crippen molar-refractivity contribution in [3.8, 4) is 0 Å². The highest BCUT2D eigenvalue weighted by Gasteiger charge is 2.05. The molecule has 5 heteroatoms. The summed E-state index contributed by atoms with van der Waals surface area (Å²) < 4.78 is 2.30. The Morgan fingerprint density at radius 3 is 1.52 bits per heavy atom. The minimum atomic E-state index is 1.15. The zero-order valence-corrected chi connectivity index (χ0v) is 16.1. The zero-order chi connectivity index (χ0) is 15.2. The first-order chi connectivity index (χ1) is 10.4. The second-order valence-electron chi connectivity index (χ2n) is 5.36. The van der Waals surface area contributed by atoms with Crippen LogP contribution in [0.25, 0.3) is 0 Å². The fraction of sp³-hybridized carbons (Fsp3) is 0.875. The molecule has 1 rings (SSSR count). The largest absolute Gasteiger partial charge is 0.175 e. The zero-order valence-electron chi connectivity index (χ0n) is 13.6. The van der Waals surface area contributed by atoms with E-state index in [-0.39, 0.29) is 0 Å². The smallest absolute Gasteiger partial charge is 0.131 e. The van der Waals surface area contributed by atoms with E-state index in [1.54, 1.807) is 11.3 Å². The van der Waals surface area contributed by atoms with Crippen LogP contribution in [0.3, 0.4) is 0 Å². The number of aromatic nitrogens is 2. The summed E-state index contributed by atoms with van der Waals surface area (Å²) in [5, 5.41) is 8.58. The van der Waals surface area contributed by atoms with E-state index in [2.05, 4.69) is 24.0 Å². The summed E-state index contributed by atoms with van der Waals surface area (Å²) in [6.45, 7) is 4.53. The molecule has 0 saturated heterocycles. The molecule has 21 heavy (non-hydrogen) atoms. The molecule has 0 aliphatic rings. The number of hydrogen-bond donors (Lipinski definition) is 0. The van der Waals surface area contributed by atoms with Gasteiger partial charge < -0.3 is 0 Å². The molecule has 122 valence electrons. The SMILES string of the molecule is CCCCCCCSc1nnc(SCCCCCCC)s1. The third-order valence-corrected chi connectivity index (χ3v) is 6.70. The van der Waals surface area contributed by atoms with Crippen molar-refractivity contribution in [2.24, 2.45) is 0 Å². The van der Waals surface area contributed by atoms with Gasteiger partial charge in [-0.2, -0.15) is 0 Å². The molecule has 1 heterocycles. The van der Waals surface area contributed by atoms with Crippen LogP contribution in [-0.2, 0) is 0 Å². The predicted molar refractivity (Wildman–Crippen MR) is 98.9 cm³/mol. The average Bonchev–Trinajstić information content (AvgIpc) is 2.94. The van der Waals surface area contributed by atoms with Gasteiger partial charge in [-0.05, 0) is 12.8 Å². The lowest BCUT2D eigenvalue weighted by Crippen LogP contribution is -1.82. The van der Waals surface area contributed by atoms with Crippen molar-refractivity contribution >= 4 is 34.9 Å². The van der Waals surface area contributed by atoms with Crippen LogP contribution in [0.2, 0.25) is 0 Å². The van der Waals surface area contributed by atoms with Crippen LogP contribution >= 0.6 is 34.9 Å². The summed E-state index contributed by atoms with van der Waals surface area (Å²) in [6.07, 6.45) is 13.5. The second-order valence-corrected chi connectivity index (χ2v) is 9.02. The Morgan fingerprint density at radius 1 is 0.667 bits per heavy atom. The first kappa shape index (κ1) is 19.3. The summed E-state index contributed by atoms with van der Waals surface area (Å²) >= 11 is 5.54. The van der Waals surface area contributed by atoms with Gasteiger partial charge in [0, 0.05) is 11.5 Å². The highest BCUT2D eigenvalue weighted by Crippen LogP contribution is 2.30. The van der Waals surface area contributed by atoms with Gasteiger partial charge in [0.05, 0.1) is 0 Å². The minimum absolute atomic E-state index is 1.15. The number of rotatable bonds is 14. The lowest BCUT2D eigenvalue weighted by atomic mass is 10.2. The molecule has 0 amide bonds. The average molecular weight is 347 g/mol. The molecular formula is C16H30N2S3. The lowest BCUT2D eigenvalue weighted by Gasteiger charge is -1.98. The van der Waals surface area contributed by atoms with Crippen LogP contribution in [0.5, 0.6) is 0 Å². The molecule has 0 spiro atoms. The van der Waals surface area contributed by atoms with E-state index >= 15 is 0 Å². The molecule has 0 fully saturated rings. The van der Waals surface area contributed by atoms with Gasteiger partial charge in [-0.15, -0.1) is 10.2 Å². The molecule has 0 N–H and O–H groups in total. The molecule has 0 bridgehead atoms. The van der Waals surface area contributed by atoms with E-state index in [4.69, 9.17) is 0 Å². The van der Waals surface area contributed by atoms with Crippen molar-refractivity contribution < 1.29 is 0 Å². The van der Waals surface area contributed by atoms with Crippen LogP contribution in [-0.4, -0.2) is 21.7 Å². The van der Waals surface area contributed by atoms with Crippen molar-refractivity contribution in [3.63, 3.8) is 0 Å². The molecule has 0 radical (unpaired) electrons. The standard InChI is InChI=1S/C16H30N2S3/c1-3-5-7-9-11-13-19-15-17-18-16(21-15)20-14-12-10-8-6-4-2/h3-14H2,1-2H3. The Balaban J connectivity index is 2.01. The number of unbranched alkanes of at least 4 members (excludes halogenated alkanes) is 8. The van der Waals surface area contributed by atoms with Gasteiger partial charge in [0.2, 0.25) is 0 Å². The maximum atomic E-state index is 4.29. The molecule has 0 aliphatic heterocycles. The molecule has 0 aliphatic carbocycles. The summed E-state index contributed by atoms with van der Waals surface area (Å²) in [6, 6.07) is 0. The highest BCUT2D eigenvalue weighted by atomic mass is 32.2. The summed E-state index contributed by atoms with van der Waals surface area (Å²) in [5.74, 6) is 2.39. The second kappa shape index (κ2) is 13.9. The van der Waals surface area contributed by atoms with E-state index < -0.39 is 0 Å². The van der Waals surface area contributed by atoms with Gasteiger partial charge in [-0.3, -0.25) is 0 Å². The van der Waals surface area contributed by atoms with Gasteiger partial charge in [-0.25, -0.2) is 0 Å². The molecular weight excluding hydrogens is 316 g/mol. The minimum Gasteiger partial charge on any atom is -0.131 e. The van der Waals surface area contributed by atoms with E-state index in [0.29, 0.717) is 0 Å². The molecule has 0 saturated carbocycles. The van der Waals surface area contributed by atoms with Crippen LogP contribution in [0.15, 0.2) is 8.68 Å². The quantitative estimate of drug-likeness (QED) is 0.278. The normalized spacial score (nSPS) is 11.1. The van der Waals surface area contributed by atoms with E-state index in [0.717, 1.165) is 8.68 Å². The van der Waals surface area contributed by atoms with Gasteiger partial charge >= 0.3 is 0 Å². The summed E-state index contributed by atoms with van der Waals surface area (Å²) in [7, 11) is 0. The van der Waals surface area contributed by atoms with Crippen molar-refractivity contribution in [1.82, 2.24) is 10.2 Å². The van der Waals surface area contributed by atoms with Crippen LogP contribution < -0.4 is 0 Å². The van der Waals surface area contributed by atoms with E-state index in [1.807, 2.05) is 23.5 Å². The number of thioether (sulfide) groups is 2. The van der Waals surface area contributed by atoms with Crippen molar-refractivity contribution in [3.05, 3.63) is 0 Å². The lowest BCUT2D eigenvalue weighted by molar-refractivity contribution is 0.659.